The quantitative estimate of drug-likeness (QED) is 0.808. The van der Waals surface area contributed by atoms with Gasteiger partial charge in [0.25, 0.3) is 6.43 Å². The highest BCUT2D eigenvalue weighted by Gasteiger charge is 2.09. The van der Waals surface area contributed by atoms with Gasteiger partial charge in [-0.25, -0.2) is 8.78 Å². The molecule has 0 saturated carbocycles. The zero-order valence-corrected chi connectivity index (χ0v) is 8.30. The van der Waals surface area contributed by atoms with Gasteiger partial charge in [-0.2, -0.15) is 0 Å². The molecule has 0 aliphatic heterocycles. The summed E-state index contributed by atoms with van der Waals surface area (Å²) < 4.78 is 24.4. The van der Waals surface area contributed by atoms with E-state index in [1.807, 2.05) is 13.8 Å². The van der Waals surface area contributed by atoms with Crippen LogP contribution in [0.5, 0.6) is 0 Å². The highest BCUT2D eigenvalue weighted by molar-refractivity contribution is 5.16. The third kappa shape index (κ3) is 2.73. The maximum atomic E-state index is 12.2. The monoisotopic (exact) mass is 200 g/mol. The smallest absolute Gasteiger partial charge is 0.265 e. The summed E-state index contributed by atoms with van der Waals surface area (Å²) >= 11 is 0. The normalized spacial score (nSPS) is 13.2. The molecule has 1 aromatic rings. The van der Waals surface area contributed by atoms with Gasteiger partial charge in [0.15, 0.2) is 0 Å². The summed E-state index contributed by atoms with van der Waals surface area (Å²) in [6.45, 7) is 4.78. The molecular weight excluding hydrogens is 186 g/mol. The molecule has 0 aliphatic carbocycles. The van der Waals surface area contributed by atoms with Gasteiger partial charge in [0.05, 0.1) is 5.69 Å². The molecule has 14 heavy (non-hydrogen) atoms. The van der Waals surface area contributed by atoms with Crippen molar-refractivity contribution in [2.75, 3.05) is 6.54 Å². The van der Waals surface area contributed by atoms with E-state index in [1.54, 1.807) is 6.07 Å². The van der Waals surface area contributed by atoms with Crippen molar-refractivity contribution in [2.24, 2.45) is 0 Å². The van der Waals surface area contributed by atoms with Gasteiger partial charge in [0, 0.05) is 17.8 Å². The lowest BCUT2D eigenvalue weighted by Gasteiger charge is -2.11. The molecule has 78 valence electrons. The topological polar surface area (TPSA) is 24.9 Å². The predicted octanol–water partition coefficient (Wildman–Crippen LogP) is 2.69. The molecule has 0 aromatic carbocycles. The van der Waals surface area contributed by atoms with Gasteiger partial charge in [-0.1, -0.05) is 6.92 Å². The SMILES string of the molecule is CCNC(C)c1ccc(C(F)F)cn1. The van der Waals surface area contributed by atoms with Gasteiger partial charge in [-0.15, -0.1) is 0 Å². The summed E-state index contributed by atoms with van der Waals surface area (Å²) in [5, 5.41) is 3.16. The van der Waals surface area contributed by atoms with E-state index in [2.05, 4.69) is 10.3 Å². The van der Waals surface area contributed by atoms with Crippen LogP contribution in [0.2, 0.25) is 0 Å². The molecule has 0 fully saturated rings. The molecule has 1 rings (SSSR count). The second-order valence-electron chi connectivity index (χ2n) is 3.10. The van der Waals surface area contributed by atoms with Crippen LogP contribution in [-0.2, 0) is 0 Å². The zero-order valence-electron chi connectivity index (χ0n) is 8.30. The lowest BCUT2D eigenvalue weighted by molar-refractivity contribution is 0.151. The molecule has 4 heteroatoms. The second kappa shape index (κ2) is 5.00. The first-order valence-electron chi connectivity index (χ1n) is 4.62. The maximum absolute atomic E-state index is 12.2. The summed E-state index contributed by atoms with van der Waals surface area (Å²) in [5.41, 5.74) is 0.758. The second-order valence-corrected chi connectivity index (χ2v) is 3.10. The molecule has 0 bridgehead atoms. The van der Waals surface area contributed by atoms with Crippen LogP contribution in [0.3, 0.4) is 0 Å². The largest absolute Gasteiger partial charge is 0.309 e. The van der Waals surface area contributed by atoms with E-state index in [-0.39, 0.29) is 11.6 Å². The molecule has 1 unspecified atom stereocenters. The summed E-state index contributed by atoms with van der Waals surface area (Å²) in [4.78, 5) is 3.98. The standard InChI is InChI=1S/C10H14F2N2/c1-3-13-7(2)9-5-4-8(6-14-9)10(11)12/h4-7,10,13H,3H2,1-2H3. The van der Waals surface area contributed by atoms with E-state index >= 15 is 0 Å². The van der Waals surface area contributed by atoms with Crippen LogP contribution in [0, 0.1) is 0 Å². The van der Waals surface area contributed by atoms with Crippen LogP contribution in [0.1, 0.15) is 37.6 Å². The van der Waals surface area contributed by atoms with E-state index in [4.69, 9.17) is 0 Å². The van der Waals surface area contributed by atoms with E-state index < -0.39 is 6.43 Å². The number of hydrogen-bond donors (Lipinski definition) is 1. The highest BCUT2D eigenvalue weighted by atomic mass is 19.3. The fourth-order valence-electron chi connectivity index (χ4n) is 1.21. The Labute approximate surface area is 82.4 Å². The van der Waals surface area contributed by atoms with Crippen LogP contribution in [0.25, 0.3) is 0 Å². The van der Waals surface area contributed by atoms with E-state index in [1.165, 1.54) is 12.3 Å². The molecule has 1 heterocycles. The predicted molar refractivity (Wildman–Crippen MR) is 51.3 cm³/mol. The van der Waals surface area contributed by atoms with E-state index in [9.17, 15) is 8.78 Å². The summed E-state index contributed by atoms with van der Waals surface area (Å²) in [7, 11) is 0. The van der Waals surface area contributed by atoms with Crippen molar-refractivity contribution in [3.8, 4) is 0 Å². The van der Waals surface area contributed by atoms with E-state index in [0.717, 1.165) is 12.2 Å². The Kier molecular flexibility index (Phi) is 3.95. The molecular formula is C10H14F2N2. The Bertz CT molecular complexity index is 272. The molecule has 1 aromatic heterocycles. The molecule has 0 spiro atoms. The number of aromatic nitrogens is 1. The first-order chi connectivity index (χ1) is 6.65. The minimum absolute atomic E-state index is 0.0301. The zero-order chi connectivity index (χ0) is 10.6. The van der Waals surface area contributed by atoms with Crippen LogP contribution < -0.4 is 5.32 Å². The van der Waals surface area contributed by atoms with Crippen molar-refractivity contribution < 1.29 is 8.78 Å². The summed E-state index contributed by atoms with van der Waals surface area (Å²) in [6.07, 6.45) is -1.21. The summed E-state index contributed by atoms with van der Waals surface area (Å²) in [5.74, 6) is 0. The average Bonchev–Trinajstić information content (AvgIpc) is 2.18. The number of hydrogen-bond acceptors (Lipinski definition) is 2. The lowest BCUT2D eigenvalue weighted by Crippen LogP contribution is -2.18. The van der Waals surface area contributed by atoms with Gasteiger partial charge in [0.1, 0.15) is 0 Å². The fraction of sp³-hybridized carbons (Fsp3) is 0.500. The van der Waals surface area contributed by atoms with Gasteiger partial charge in [-0.05, 0) is 25.6 Å². The van der Waals surface area contributed by atoms with Crippen molar-refractivity contribution in [1.29, 1.82) is 0 Å². The number of nitrogens with one attached hydrogen (secondary N) is 1. The molecule has 1 atom stereocenters. The minimum Gasteiger partial charge on any atom is -0.309 e. The van der Waals surface area contributed by atoms with Gasteiger partial charge >= 0.3 is 0 Å². The Morgan fingerprint density at radius 2 is 2.14 bits per heavy atom. The molecule has 0 aliphatic rings. The van der Waals surface area contributed by atoms with Crippen LogP contribution in [0.4, 0.5) is 8.78 Å². The molecule has 1 N–H and O–H groups in total. The maximum Gasteiger partial charge on any atom is 0.265 e. The number of pyridine rings is 1. The summed E-state index contributed by atoms with van der Waals surface area (Å²) in [6, 6.07) is 3.15. The third-order valence-electron chi connectivity index (χ3n) is 2.02. The fourth-order valence-corrected chi connectivity index (χ4v) is 1.21. The Hall–Kier alpha value is -1.03. The first kappa shape index (κ1) is 11.0. The third-order valence-corrected chi connectivity index (χ3v) is 2.02. The molecule has 0 radical (unpaired) electrons. The van der Waals surface area contributed by atoms with Crippen molar-refractivity contribution in [3.05, 3.63) is 29.6 Å². The van der Waals surface area contributed by atoms with E-state index in [0.29, 0.717) is 0 Å². The van der Waals surface area contributed by atoms with Crippen LogP contribution >= 0.6 is 0 Å². The van der Waals surface area contributed by atoms with Crippen LogP contribution in [0.15, 0.2) is 18.3 Å². The first-order valence-corrected chi connectivity index (χ1v) is 4.62. The molecule has 2 nitrogen and oxygen atoms in total. The average molecular weight is 200 g/mol. The van der Waals surface area contributed by atoms with Crippen molar-refractivity contribution in [3.63, 3.8) is 0 Å². The molecule has 0 saturated heterocycles. The van der Waals surface area contributed by atoms with Crippen LogP contribution in [-0.4, -0.2) is 11.5 Å². The Balaban J connectivity index is 2.72. The van der Waals surface area contributed by atoms with Crippen molar-refractivity contribution in [1.82, 2.24) is 10.3 Å². The lowest BCUT2D eigenvalue weighted by atomic mass is 10.2. The number of rotatable bonds is 4. The van der Waals surface area contributed by atoms with Gasteiger partial charge < -0.3 is 5.32 Å². The molecule has 0 amide bonds. The van der Waals surface area contributed by atoms with Gasteiger partial charge in [-0.3, -0.25) is 4.98 Å². The minimum atomic E-state index is -2.44. The number of nitrogens with zero attached hydrogens (tertiary/aromatic N) is 1. The van der Waals surface area contributed by atoms with Crippen molar-refractivity contribution >= 4 is 0 Å². The van der Waals surface area contributed by atoms with Gasteiger partial charge in [0.2, 0.25) is 0 Å². The Morgan fingerprint density at radius 3 is 2.57 bits per heavy atom. The van der Waals surface area contributed by atoms with Crippen molar-refractivity contribution in [2.45, 2.75) is 26.3 Å². The Morgan fingerprint density at radius 1 is 1.43 bits per heavy atom. The highest BCUT2D eigenvalue weighted by Crippen LogP contribution is 2.18. The number of alkyl halides is 2. The number of halogens is 2.